The highest BCUT2D eigenvalue weighted by Crippen LogP contribution is 2.28. The van der Waals surface area contributed by atoms with Crippen molar-refractivity contribution >= 4 is 73.1 Å². The van der Waals surface area contributed by atoms with Gasteiger partial charge in [0, 0.05) is 5.02 Å². The molecule has 27 heavy (non-hydrogen) atoms. The van der Waals surface area contributed by atoms with Gasteiger partial charge in [0.1, 0.15) is 5.75 Å². The highest BCUT2D eigenvalue weighted by Gasteiger charge is 2.18. The number of hydrogen-bond acceptors (Lipinski definition) is 5. The lowest BCUT2D eigenvalue weighted by Crippen LogP contribution is -2.42. The molecule has 2 N–H and O–H groups in total. The number of rotatable bonds is 4. The van der Waals surface area contributed by atoms with E-state index in [2.05, 4.69) is 15.6 Å². The number of ether oxygens (including phenoxy) is 1. The van der Waals surface area contributed by atoms with Crippen LogP contribution < -0.4 is 15.4 Å². The van der Waals surface area contributed by atoms with Crippen molar-refractivity contribution < 1.29 is 9.53 Å². The van der Waals surface area contributed by atoms with Gasteiger partial charge in [0.15, 0.2) is 16.3 Å². The molecule has 1 amide bonds. The lowest BCUT2D eigenvalue weighted by atomic mass is 10.2. The van der Waals surface area contributed by atoms with Gasteiger partial charge in [-0.05, 0) is 62.0 Å². The van der Waals surface area contributed by atoms with Crippen molar-refractivity contribution in [1.82, 2.24) is 10.3 Å². The first kappa shape index (κ1) is 19.8. The SMILES string of the molecule is Cc1ccc2nc(NC(=S)NC(=O)C(C)Oc3ccc(Cl)cc3Cl)sc2c1. The minimum absolute atomic E-state index is 0.147. The van der Waals surface area contributed by atoms with Gasteiger partial charge in [0.25, 0.3) is 5.91 Å². The number of carbonyl (C=O) groups is 1. The van der Waals surface area contributed by atoms with E-state index in [0.717, 1.165) is 15.8 Å². The lowest BCUT2D eigenvalue weighted by molar-refractivity contribution is -0.125. The van der Waals surface area contributed by atoms with Crippen molar-refractivity contribution in [2.75, 3.05) is 5.32 Å². The largest absolute Gasteiger partial charge is 0.479 e. The predicted molar refractivity (Wildman–Crippen MR) is 115 cm³/mol. The van der Waals surface area contributed by atoms with Gasteiger partial charge < -0.3 is 10.1 Å². The molecule has 1 aromatic heterocycles. The highest BCUT2D eigenvalue weighted by molar-refractivity contribution is 7.80. The molecule has 3 rings (SSSR count). The first-order valence-corrected chi connectivity index (χ1v) is 9.90. The van der Waals surface area contributed by atoms with E-state index in [1.54, 1.807) is 25.1 Å². The van der Waals surface area contributed by atoms with E-state index < -0.39 is 12.0 Å². The van der Waals surface area contributed by atoms with Crippen molar-refractivity contribution in [1.29, 1.82) is 0 Å². The first-order valence-electron chi connectivity index (χ1n) is 7.92. The van der Waals surface area contributed by atoms with E-state index in [1.165, 1.54) is 11.3 Å². The van der Waals surface area contributed by atoms with E-state index in [-0.39, 0.29) is 5.11 Å². The van der Waals surface area contributed by atoms with Crippen LogP contribution in [-0.2, 0) is 4.79 Å². The number of thiocarbonyl (C=S) groups is 1. The molecule has 1 atom stereocenters. The van der Waals surface area contributed by atoms with Gasteiger partial charge >= 0.3 is 0 Å². The van der Waals surface area contributed by atoms with Crippen LogP contribution in [0.5, 0.6) is 5.75 Å². The summed E-state index contributed by atoms with van der Waals surface area (Å²) in [6.07, 6.45) is -0.804. The molecule has 0 fully saturated rings. The molecule has 5 nitrogen and oxygen atoms in total. The molecule has 0 aliphatic heterocycles. The molecule has 3 aromatic rings. The molecule has 9 heteroatoms. The Kier molecular flexibility index (Phi) is 6.16. The van der Waals surface area contributed by atoms with Gasteiger partial charge in [-0.1, -0.05) is 40.6 Å². The molecule has 0 saturated heterocycles. The van der Waals surface area contributed by atoms with Gasteiger partial charge in [-0.15, -0.1) is 0 Å². The van der Waals surface area contributed by atoms with E-state index in [1.807, 2.05) is 25.1 Å². The maximum atomic E-state index is 12.3. The zero-order valence-corrected chi connectivity index (χ0v) is 17.5. The fourth-order valence-corrected chi connectivity index (χ4v) is 3.93. The van der Waals surface area contributed by atoms with Gasteiger partial charge in [-0.2, -0.15) is 0 Å². The van der Waals surface area contributed by atoms with Gasteiger partial charge in [0.2, 0.25) is 0 Å². The monoisotopic (exact) mass is 439 g/mol. The van der Waals surface area contributed by atoms with Crippen LogP contribution in [0.15, 0.2) is 36.4 Å². The Morgan fingerprint density at radius 2 is 2.04 bits per heavy atom. The fraction of sp³-hybridized carbons (Fsp3) is 0.167. The maximum Gasteiger partial charge on any atom is 0.266 e. The summed E-state index contributed by atoms with van der Waals surface area (Å²) in [5.74, 6) is -0.0420. The van der Waals surface area contributed by atoms with E-state index in [0.29, 0.717) is 20.9 Å². The number of nitrogens with one attached hydrogen (secondary N) is 2. The van der Waals surface area contributed by atoms with Crippen molar-refractivity contribution in [2.24, 2.45) is 0 Å². The van der Waals surface area contributed by atoms with Gasteiger partial charge in [-0.3, -0.25) is 10.1 Å². The standard InChI is InChI=1S/C18H15Cl2N3O2S2/c1-9-3-5-13-15(7-9)27-18(21-13)23-17(26)22-16(24)10(2)25-14-6-4-11(19)8-12(14)20/h3-8,10H,1-2H3,(H2,21,22,23,24,26). The normalized spacial score (nSPS) is 11.9. The zero-order chi connectivity index (χ0) is 19.6. The number of aryl methyl sites for hydroxylation is 1. The van der Waals surface area contributed by atoms with Gasteiger partial charge in [-0.25, -0.2) is 4.98 Å². The number of amides is 1. The number of fused-ring (bicyclic) bond motifs is 1. The summed E-state index contributed by atoms with van der Waals surface area (Å²) in [4.78, 5) is 16.7. The number of anilines is 1. The van der Waals surface area contributed by atoms with Crippen LogP contribution in [0.25, 0.3) is 10.2 Å². The van der Waals surface area contributed by atoms with Crippen LogP contribution in [0.1, 0.15) is 12.5 Å². The topological polar surface area (TPSA) is 63.2 Å². The van der Waals surface area contributed by atoms with Crippen LogP contribution in [0.2, 0.25) is 10.0 Å². The molecule has 0 aliphatic carbocycles. The molecule has 1 unspecified atom stereocenters. The van der Waals surface area contributed by atoms with E-state index >= 15 is 0 Å². The van der Waals surface area contributed by atoms with E-state index in [9.17, 15) is 4.79 Å². The summed E-state index contributed by atoms with van der Waals surface area (Å²) in [5.41, 5.74) is 2.02. The van der Waals surface area contributed by atoms with Crippen molar-refractivity contribution in [3.8, 4) is 5.75 Å². The Labute approximate surface area is 175 Å². The number of carbonyl (C=O) groups excluding carboxylic acids is 1. The van der Waals surface area contributed by atoms with E-state index in [4.69, 9.17) is 40.2 Å². The molecule has 1 heterocycles. The van der Waals surface area contributed by atoms with Crippen molar-refractivity contribution in [3.63, 3.8) is 0 Å². The maximum absolute atomic E-state index is 12.3. The average molecular weight is 440 g/mol. The molecule has 0 saturated carbocycles. The quantitative estimate of drug-likeness (QED) is 0.547. The molecule has 140 valence electrons. The summed E-state index contributed by atoms with van der Waals surface area (Å²) in [6, 6.07) is 10.8. The Morgan fingerprint density at radius 3 is 2.78 bits per heavy atom. The third-order valence-corrected chi connectivity index (χ3v) is 5.24. The molecular formula is C18H15Cl2N3O2S2. The number of benzene rings is 2. The summed E-state index contributed by atoms with van der Waals surface area (Å²) in [7, 11) is 0. The van der Waals surface area contributed by atoms with Crippen LogP contribution in [0, 0.1) is 6.92 Å². The minimum Gasteiger partial charge on any atom is -0.479 e. The number of halogens is 2. The van der Waals surface area contributed by atoms with Gasteiger partial charge in [0.05, 0.1) is 15.2 Å². The second-order valence-corrected chi connectivity index (χ2v) is 8.05. The van der Waals surface area contributed by atoms with Crippen molar-refractivity contribution in [2.45, 2.75) is 20.0 Å². The molecular weight excluding hydrogens is 425 g/mol. The highest BCUT2D eigenvalue weighted by atomic mass is 35.5. The fourth-order valence-electron chi connectivity index (χ4n) is 2.24. The molecule has 0 spiro atoms. The van der Waals surface area contributed by atoms with Crippen LogP contribution in [0.4, 0.5) is 5.13 Å². The van der Waals surface area contributed by atoms with Crippen LogP contribution in [-0.4, -0.2) is 22.1 Å². The first-order chi connectivity index (χ1) is 12.8. The lowest BCUT2D eigenvalue weighted by Gasteiger charge is -2.16. The Bertz CT molecular complexity index is 1020. The Morgan fingerprint density at radius 1 is 1.26 bits per heavy atom. The summed E-state index contributed by atoms with van der Waals surface area (Å²) >= 11 is 18.6. The number of thiazole rings is 1. The molecule has 2 aromatic carbocycles. The Hall–Kier alpha value is -1.93. The van der Waals surface area contributed by atoms with Crippen molar-refractivity contribution in [3.05, 3.63) is 52.0 Å². The third kappa shape index (κ3) is 5.07. The van der Waals surface area contributed by atoms with Crippen LogP contribution in [0.3, 0.4) is 0 Å². The molecule has 0 aliphatic rings. The number of aromatic nitrogens is 1. The Balaban J connectivity index is 1.59. The second-order valence-electron chi connectivity index (χ2n) is 5.77. The molecule has 0 radical (unpaired) electrons. The smallest absolute Gasteiger partial charge is 0.266 e. The average Bonchev–Trinajstić information content (AvgIpc) is 2.98. The summed E-state index contributed by atoms with van der Waals surface area (Å²) < 4.78 is 6.61. The summed E-state index contributed by atoms with van der Waals surface area (Å²) in [6.45, 7) is 3.62. The number of hydrogen-bond donors (Lipinski definition) is 2. The zero-order valence-electron chi connectivity index (χ0n) is 14.4. The predicted octanol–water partition coefficient (Wildman–Crippen LogP) is 5.19. The molecule has 0 bridgehead atoms. The summed E-state index contributed by atoms with van der Waals surface area (Å²) in [5, 5.41) is 7.08. The van der Waals surface area contributed by atoms with Crippen LogP contribution >= 0.6 is 46.8 Å². The second kappa shape index (κ2) is 8.39. The third-order valence-electron chi connectivity index (χ3n) is 3.57. The minimum atomic E-state index is -0.804. The number of nitrogens with zero attached hydrogens (tertiary/aromatic N) is 1.